The largest absolute Gasteiger partial charge is 0.493 e. The Morgan fingerprint density at radius 2 is 2.07 bits per heavy atom. The summed E-state index contributed by atoms with van der Waals surface area (Å²) in [6, 6.07) is 10.9. The van der Waals surface area contributed by atoms with E-state index in [1.54, 1.807) is 24.3 Å². The zero-order valence-corrected chi connectivity index (χ0v) is 18.6. The molecule has 0 saturated carbocycles. The number of hydrogen-bond donors (Lipinski definition) is 2. The van der Waals surface area contributed by atoms with Gasteiger partial charge in [-0.1, -0.05) is 12.1 Å². The summed E-state index contributed by atoms with van der Waals surface area (Å²) in [6.45, 7) is 1.76. The van der Waals surface area contributed by atoms with Crippen molar-refractivity contribution in [3.05, 3.63) is 56.0 Å². The lowest BCUT2D eigenvalue weighted by atomic mass is 10.2. The molecule has 150 valence electrons. The molecule has 0 bridgehead atoms. The zero-order chi connectivity index (χ0) is 21.0. The molecule has 0 spiro atoms. The van der Waals surface area contributed by atoms with Gasteiger partial charge >= 0.3 is 0 Å². The maximum absolute atomic E-state index is 12.2. The van der Waals surface area contributed by atoms with Gasteiger partial charge in [0, 0.05) is 5.69 Å². The second kappa shape index (κ2) is 9.31. The number of methoxy groups -OCH3 is 1. The Morgan fingerprint density at radius 1 is 1.28 bits per heavy atom. The fourth-order valence-corrected chi connectivity index (χ4v) is 4.06. The topological polar surface area (TPSA) is 93.7 Å². The molecule has 0 unspecified atom stereocenters. The molecule has 3 rings (SSSR count). The van der Waals surface area contributed by atoms with Gasteiger partial charge < -0.3 is 14.8 Å². The highest BCUT2D eigenvalue weighted by Gasteiger charge is 2.25. The van der Waals surface area contributed by atoms with Crippen molar-refractivity contribution in [1.82, 2.24) is 5.32 Å². The summed E-state index contributed by atoms with van der Waals surface area (Å²) in [7, 11) is 1.49. The number of halogens is 1. The number of ether oxygens (including phenoxy) is 2. The van der Waals surface area contributed by atoms with E-state index in [1.807, 2.05) is 25.1 Å². The van der Waals surface area contributed by atoms with Gasteiger partial charge in [-0.05, 0) is 82.7 Å². The third kappa shape index (κ3) is 5.51. The number of thioether (sulfide) groups is 1. The van der Waals surface area contributed by atoms with Crippen LogP contribution < -0.4 is 20.1 Å². The molecule has 1 saturated heterocycles. The molecule has 1 heterocycles. The average molecular weight is 524 g/mol. The number of rotatable bonds is 6. The summed E-state index contributed by atoms with van der Waals surface area (Å²) in [5.74, 6) is 0.121. The first-order chi connectivity index (χ1) is 13.9. The van der Waals surface area contributed by atoms with E-state index in [0.29, 0.717) is 31.2 Å². The van der Waals surface area contributed by atoms with Gasteiger partial charge in [0.25, 0.3) is 17.1 Å². The lowest BCUT2D eigenvalue weighted by Crippen LogP contribution is -2.20. The maximum atomic E-state index is 12.2. The third-order valence-electron chi connectivity index (χ3n) is 3.84. The number of nitrogens with one attached hydrogen (secondary N) is 2. The van der Waals surface area contributed by atoms with Crippen molar-refractivity contribution < 1.29 is 23.9 Å². The Hall–Kier alpha value is -2.53. The molecular formula is C20H17IN2O5S. The van der Waals surface area contributed by atoms with Crippen LogP contribution in [-0.2, 0) is 9.59 Å². The number of anilines is 1. The second-order valence-corrected chi connectivity index (χ2v) is 8.27. The molecule has 7 nitrogen and oxygen atoms in total. The van der Waals surface area contributed by atoms with Crippen molar-refractivity contribution in [3.8, 4) is 11.5 Å². The molecule has 1 aliphatic rings. The molecule has 2 aromatic carbocycles. The van der Waals surface area contributed by atoms with Gasteiger partial charge in [0.2, 0.25) is 0 Å². The minimum atomic E-state index is -0.429. The van der Waals surface area contributed by atoms with E-state index in [-0.39, 0.29) is 12.5 Å². The van der Waals surface area contributed by atoms with Crippen LogP contribution in [0, 0.1) is 10.5 Å². The number of carbonyl (C=O) groups excluding carboxylic acids is 3. The van der Waals surface area contributed by atoms with Gasteiger partial charge in [-0.15, -0.1) is 0 Å². The zero-order valence-electron chi connectivity index (χ0n) is 15.6. The van der Waals surface area contributed by atoms with Crippen LogP contribution in [0.2, 0.25) is 0 Å². The number of hydrogen-bond acceptors (Lipinski definition) is 6. The van der Waals surface area contributed by atoms with Gasteiger partial charge in [0.05, 0.1) is 15.6 Å². The van der Waals surface area contributed by atoms with Gasteiger partial charge in [-0.3, -0.25) is 19.7 Å². The highest BCUT2D eigenvalue weighted by atomic mass is 127. The highest BCUT2D eigenvalue weighted by Crippen LogP contribution is 2.36. The van der Waals surface area contributed by atoms with Crippen molar-refractivity contribution in [2.45, 2.75) is 6.92 Å². The van der Waals surface area contributed by atoms with E-state index < -0.39 is 11.1 Å². The van der Waals surface area contributed by atoms with Crippen LogP contribution in [0.4, 0.5) is 10.5 Å². The lowest BCUT2D eigenvalue weighted by molar-refractivity contribution is -0.118. The van der Waals surface area contributed by atoms with Gasteiger partial charge in [0.15, 0.2) is 18.1 Å². The van der Waals surface area contributed by atoms with Crippen molar-refractivity contribution in [2.24, 2.45) is 0 Å². The quantitative estimate of drug-likeness (QED) is 0.439. The monoisotopic (exact) mass is 524 g/mol. The van der Waals surface area contributed by atoms with E-state index in [9.17, 15) is 14.4 Å². The van der Waals surface area contributed by atoms with E-state index >= 15 is 0 Å². The highest BCUT2D eigenvalue weighted by molar-refractivity contribution is 14.1. The fourth-order valence-electron chi connectivity index (χ4n) is 2.59. The van der Waals surface area contributed by atoms with Crippen LogP contribution >= 0.6 is 34.4 Å². The maximum Gasteiger partial charge on any atom is 0.290 e. The molecule has 29 heavy (non-hydrogen) atoms. The molecule has 0 radical (unpaired) electrons. The summed E-state index contributed by atoms with van der Waals surface area (Å²) in [5, 5.41) is 4.59. The van der Waals surface area contributed by atoms with Crippen LogP contribution in [0.1, 0.15) is 11.1 Å². The molecule has 0 aliphatic carbocycles. The Balaban J connectivity index is 1.72. The molecule has 1 aliphatic heterocycles. The molecule has 0 atom stereocenters. The standard InChI is InChI=1S/C20H17IN2O5S/c1-11-4-3-5-13(6-11)22-17(24)10-28-18-14(21)7-12(8-15(18)27-2)9-16-19(25)23-20(26)29-16/h3-9H,10H2,1-2H3,(H,22,24)(H,23,25,26)/b16-9-. The van der Waals surface area contributed by atoms with Gasteiger partial charge in [-0.2, -0.15) is 0 Å². The summed E-state index contributed by atoms with van der Waals surface area (Å²) in [6.07, 6.45) is 1.60. The average Bonchev–Trinajstić information content (AvgIpc) is 2.97. The van der Waals surface area contributed by atoms with E-state index in [0.717, 1.165) is 17.3 Å². The molecule has 9 heteroatoms. The molecule has 0 aromatic heterocycles. The van der Waals surface area contributed by atoms with Crippen molar-refractivity contribution in [2.75, 3.05) is 19.0 Å². The smallest absolute Gasteiger partial charge is 0.290 e. The molecular weight excluding hydrogens is 507 g/mol. The number of amides is 3. The molecule has 3 amide bonds. The Kier molecular flexibility index (Phi) is 6.80. The van der Waals surface area contributed by atoms with Gasteiger partial charge in [-0.25, -0.2) is 0 Å². The number of imide groups is 1. The minimum Gasteiger partial charge on any atom is -0.493 e. The normalized spacial score (nSPS) is 14.7. The van der Waals surface area contributed by atoms with Gasteiger partial charge in [0.1, 0.15) is 0 Å². The second-order valence-electron chi connectivity index (χ2n) is 6.09. The van der Waals surface area contributed by atoms with Crippen molar-refractivity contribution in [3.63, 3.8) is 0 Å². The summed E-state index contributed by atoms with van der Waals surface area (Å²) >= 11 is 2.91. The summed E-state index contributed by atoms with van der Waals surface area (Å²) < 4.78 is 11.8. The SMILES string of the molecule is COc1cc(/C=C2\SC(=O)NC2=O)cc(I)c1OCC(=O)Nc1cccc(C)c1. The molecule has 2 N–H and O–H groups in total. The predicted molar refractivity (Wildman–Crippen MR) is 120 cm³/mol. The van der Waals surface area contributed by atoms with Crippen LogP contribution in [-0.4, -0.2) is 30.8 Å². The molecule has 2 aromatic rings. The van der Waals surface area contributed by atoms with Crippen LogP contribution in [0.5, 0.6) is 11.5 Å². The van der Waals surface area contributed by atoms with Crippen LogP contribution in [0.25, 0.3) is 6.08 Å². The minimum absolute atomic E-state index is 0.187. The first-order valence-electron chi connectivity index (χ1n) is 8.47. The third-order valence-corrected chi connectivity index (χ3v) is 5.45. The Bertz CT molecular complexity index is 1020. The first-order valence-corrected chi connectivity index (χ1v) is 10.4. The Morgan fingerprint density at radius 3 is 2.72 bits per heavy atom. The lowest BCUT2D eigenvalue weighted by Gasteiger charge is -2.14. The van der Waals surface area contributed by atoms with E-state index in [4.69, 9.17) is 9.47 Å². The summed E-state index contributed by atoms with van der Waals surface area (Å²) in [4.78, 5) is 35.5. The number of aryl methyl sites for hydroxylation is 1. The first kappa shape index (κ1) is 21.2. The number of benzene rings is 2. The fraction of sp³-hybridized carbons (Fsp3) is 0.150. The molecule has 1 fully saturated rings. The van der Waals surface area contributed by atoms with Crippen LogP contribution in [0.3, 0.4) is 0 Å². The Labute approximate surface area is 185 Å². The predicted octanol–water partition coefficient (Wildman–Crippen LogP) is 3.95. The van der Waals surface area contributed by atoms with E-state index in [2.05, 4.69) is 33.2 Å². The van der Waals surface area contributed by atoms with Crippen molar-refractivity contribution >= 4 is 63.2 Å². The van der Waals surface area contributed by atoms with Crippen LogP contribution in [0.15, 0.2) is 41.3 Å². The number of carbonyl (C=O) groups is 3. The van der Waals surface area contributed by atoms with E-state index in [1.165, 1.54) is 7.11 Å². The summed E-state index contributed by atoms with van der Waals surface area (Å²) in [5.41, 5.74) is 2.42. The van der Waals surface area contributed by atoms with Crippen molar-refractivity contribution in [1.29, 1.82) is 0 Å².